The third-order valence-corrected chi connectivity index (χ3v) is 10.1. The fraction of sp³-hybridized carbons (Fsp3) is 0.256. The minimum Gasteiger partial charge on any atom is -0.493 e. The van der Waals surface area contributed by atoms with E-state index in [2.05, 4.69) is 49.6 Å². The first-order valence-corrected chi connectivity index (χ1v) is 17.4. The first-order chi connectivity index (χ1) is 23.5. The zero-order valence-electron chi connectivity index (χ0n) is 28.8. The summed E-state index contributed by atoms with van der Waals surface area (Å²) < 4.78 is 13.9. The van der Waals surface area contributed by atoms with Crippen LogP contribution in [0.15, 0.2) is 89.2 Å². The van der Waals surface area contributed by atoms with Gasteiger partial charge in [0.1, 0.15) is 12.6 Å². The van der Waals surface area contributed by atoms with Gasteiger partial charge in [0.15, 0.2) is 11.5 Å². The van der Waals surface area contributed by atoms with Crippen LogP contribution in [0.25, 0.3) is 0 Å². The molecule has 4 aromatic carbocycles. The van der Waals surface area contributed by atoms with Crippen molar-refractivity contribution < 1.29 is 14.3 Å². The number of aromatic nitrogens is 3. The molecule has 8 nitrogen and oxygen atoms in total. The topological polar surface area (TPSA) is 90.3 Å². The number of allylic oxidation sites excluding steroid dienone is 1. The molecule has 1 aromatic heterocycles. The number of thioether (sulfide) groups is 1. The highest BCUT2D eigenvalue weighted by Gasteiger charge is 2.35. The van der Waals surface area contributed by atoms with Gasteiger partial charge in [-0.15, -0.1) is 5.10 Å². The Hall–Kier alpha value is -4.73. The van der Waals surface area contributed by atoms with E-state index in [0.29, 0.717) is 51.3 Å². The normalized spacial score (nSPS) is 13.9. The smallest absolute Gasteiger partial charge is 0.255 e. The van der Waals surface area contributed by atoms with Gasteiger partial charge in [-0.1, -0.05) is 77.5 Å². The molecular formula is C39H40ClN5O3S. The van der Waals surface area contributed by atoms with Gasteiger partial charge in [-0.05, 0) is 105 Å². The third-order valence-electron chi connectivity index (χ3n) is 8.86. The molecule has 10 heteroatoms. The van der Waals surface area contributed by atoms with Gasteiger partial charge < -0.3 is 20.1 Å². The Kier molecular flexibility index (Phi) is 10.0. The lowest BCUT2D eigenvalue weighted by atomic mass is 9.94. The molecule has 0 fully saturated rings. The molecule has 0 saturated heterocycles. The lowest BCUT2D eigenvalue weighted by Crippen LogP contribution is -2.31. The molecule has 5 aromatic rings. The molecule has 49 heavy (non-hydrogen) atoms. The third kappa shape index (κ3) is 7.33. The average Bonchev–Trinajstić information content (AvgIpc) is 3.48. The van der Waals surface area contributed by atoms with Crippen LogP contribution in [0.1, 0.15) is 57.5 Å². The number of hydrogen-bond donors (Lipinski definition) is 2. The van der Waals surface area contributed by atoms with E-state index in [0.717, 1.165) is 33.5 Å². The van der Waals surface area contributed by atoms with Gasteiger partial charge in [-0.3, -0.25) is 4.79 Å². The number of nitrogens with zero attached hydrogens (tertiary/aromatic N) is 3. The predicted molar refractivity (Wildman–Crippen MR) is 198 cm³/mol. The molecule has 1 aliphatic rings. The van der Waals surface area contributed by atoms with E-state index in [1.165, 1.54) is 28.5 Å². The quantitative estimate of drug-likeness (QED) is 0.141. The van der Waals surface area contributed by atoms with Crippen molar-refractivity contribution in [2.75, 3.05) is 17.7 Å². The second kappa shape index (κ2) is 14.4. The zero-order valence-corrected chi connectivity index (χ0v) is 30.3. The van der Waals surface area contributed by atoms with E-state index < -0.39 is 6.04 Å². The number of methoxy groups -OCH3 is 1. The van der Waals surface area contributed by atoms with Gasteiger partial charge in [0.2, 0.25) is 11.1 Å². The summed E-state index contributed by atoms with van der Waals surface area (Å²) in [6.45, 7) is 12.6. The summed E-state index contributed by atoms with van der Waals surface area (Å²) in [6, 6.07) is 23.2. The molecule has 252 valence electrons. The Balaban J connectivity index is 1.35. The summed E-state index contributed by atoms with van der Waals surface area (Å²) in [7, 11) is 1.62. The number of aryl methyl sites for hydroxylation is 5. The van der Waals surface area contributed by atoms with Crippen LogP contribution in [0, 0.1) is 34.6 Å². The van der Waals surface area contributed by atoms with Crippen molar-refractivity contribution in [3.8, 4) is 11.5 Å². The van der Waals surface area contributed by atoms with Crippen LogP contribution in [0.4, 0.5) is 11.6 Å². The molecule has 6 rings (SSSR count). The molecule has 0 bridgehead atoms. The van der Waals surface area contributed by atoms with Crippen LogP contribution in [-0.2, 0) is 17.2 Å². The maximum Gasteiger partial charge on any atom is 0.255 e. The number of hydrogen-bond acceptors (Lipinski definition) is 7. The van der Waals surface area contributed by atoms with Crippen molar-refractivity contribution in [1.29, 1.82) is 0 Å². The van der Waals surface area contributed by atoms with Crippen molar-refractivity contribution in [1.82, 2.24) is 14.8 Å². The lowest BCUT2D eigenvalue weighted by Gasteiger charge is -2.29. The largest absolute Gasteiger partial charge is 0.493 e. The van der Waals surface area contributed by atoms with Crippen molar-refractivity contribution in [2.24, 2.45) is 0 Å². The second-order valence-corrected chi connectivity index (χ2v) is 13.8. The highest BCUT2D eigenvalue weighted by Crippen LogP contribution is 2.40. The monoisotopic (exact) mass is 693 g/mol. The SMILES string of the molecule is COc1cc(C2C(C(=O)Nc3ccc(C)cc3C)=C(C)Nc3nc(SCc4ccccc4Cl)nn32)ccc1OCc1cc(C)c(C)cc1C. The van der Waals surface area contributed by atoms with Crippen LogP contribution in [0.5, 0.6) is 11.5 Å². The number of fused-ring (bicyclic) bond motifs is 1. The summed E-state index contributed by atoms with van der Waals surface area (Å²) >= 11 is 7.91. The standard InChI is InChI=1S/C39H40ClN5O3S/c1-22-12-14-32(26(5)16-22)42-37(46)35-27(6)41-38-43-39(49-21-29-10-8-9-11-31(29)40)44-45(38)36(35)28-13-15-33(34(19-28)47-7)48-20-30-18-24(3)23(2)17-25(30)4/h8-19,36H,20-21H2,1-7H3,(H,42,46)(H,41,43,44). The molecule has 0 saturated carbocycles. The summed E-state index contributed by atoms with van der Waals surface area (Å²) in [6.07, 6.45) is 0. The first-order valence-electron chi connectivity index (χ1n) is 16.1. The number of amides is 1. The molecule has 2 heterocycles. The maximum absolute atomic E-state index is 14.2. The van der Waals surface area contributed by atoms with Gasteiger partial charge in [-0.25, -0.2) is 4.68 Å². The van der Waals surface area contributed by atoms with E-state index in [4.69, 9.17) is 31.2 Å². The fourth-order valence-electron chi connectivity index (χ4n) is 6.00. The minimum absolute atomic E-state index is 0.238. The van der Waals surface area contributed by atoms with Crippen LogP contribution in [0.2, 0.25) is 5.02 Å². The van der Waals surface area contributed by atoms with Gasteiger partial charge in [0.25, 0.3) is 5.91 Å². The average molecular weight is 694 g/mol. The summed E-state index contributed by atoms with van der Waals surface area (Å²) in [4.78, 5) is 19.0. The highest BCUT2D eigenvalue weighted by atomic mass is 35.5. The van der Waals surface area contributed by atoms with Crippen LogP contribution < -0.4 is 20.1 Å². The van der Waals surface area contributed by atoms with E-state index in [1.807, 2.05) is 75.4 Å². The summed E-state index contributed by atoms with van der Waals surface area (Å²) in [5.74, 6) is 2.06. The van der Waals surface area contributed by atoms with E-state index >= 15 is 0 Å². The predicted octanol–water partition coefficient (Wildman–Crippen LogP) is 9.28. The Morgan fingerprint density at radius 3 is 2.43 bits per heavy atom. The maximum atomic E-state index is 14.2. The van der Waals surface area contributed by atoms with E-state index in [1.54, 1.807) is 11.8 Å². The summed E-state index contributed by atoms with van der Waals surface area (Å²) in [5, 5.41) is 12.6. The van der Waals surface area contributed by atoms with E-state index in [9.17, 15) is 4.79 Å². The zero-order chi connectivity index (χ0) is 34.8. The van der Waals surface area contributed by atoms with Crippen LogP contribution >= 0.6 is 23.4 Å². The number of anilines is 2. The van der Waals surface area contributed by atoms with Crippen molar-refractivity contribution in [2.45, 2.75) is 65.1 Å². The Labute approximate surface area is 296 Å². The number of benzene rings is 4. The molecule has 0 spiro atoms. The summed E-state index contributed by atoms with van der Waals surface area (Å²) in [5.41, 5.74) is 10.6. The number of halogens is 1. The number of rotatable bonds is 10. The van der Waals surface area contributed by atoms with Crippen molar-refractivity contribution in [3.05, 3.63) is 134 Å². The number of nitrogens with one attached hydrogen (secondary N) is 2. The molecule has 1 unspecified atom stereocenters. The highest BCUT2D eigenvalue weighted by molar-refractivity contribution is 7.98. The molecule has 2 N–H and O–H groups in total. The van der Waals surface area contributed by atoms with Crippen molar-refractivity contribution >= 4 is 40.9 Å². The molecule has 1 amide bonds. The molecule has 0 aliphatic carbocycles. The fourth-order valence-corrected chi connectivity index (χ4v) is 7.12. The van der Waals surface area contributed by atoms with Crippen molar-refractivity contribution in [3.63, 3.8) is 0 Å². The number of carbonyl (C=O) groups excluding carboxylic acids is 1. The molecule has 1 atom stereocenters. The van der Waals surface area contributed by atoms with E-state index in [-0.39, 0.29) is 5.91 Å². The van der Waals surface area contributed by atoms with Gasteiger partial charge in [0, 0.05) is 22.2 Å². The van der Waals surface area contributed by atoms with Crippen LogP contribution in [0.3, 0.4) is 0 Å². The Morgan fingerprint density at radius 1 is 0.898 bits per heavy atom. The van der Waals surface area contributed by atoms with Crippen LogP contribution in [-0.4, -0.2) is 27.8 Å². The minimum atomic E-state index is -0.603. The molecule has 0 radical (unpaired) electrons. The van der Waals surface area contributed by atoms with Gasteiger partial charge in [0.05, 0.1) is 12.7 Å². The van der Waals surface area contributed by atoms with Gasteiger partial charge >= 0.3 is 0 Å². The number of carbonyl (C=O) groups is 1. The first kappa shape index (κ1) is 34.1. The molecular weight excluding hydrogens is 654 g/mol. The lowest BCUT2D eigenvalue weighted by molar-refractivity contribution is -0.113. The second-order valence-electron chi connectivity index (χ2n) is 12.4. The molecule has 1 aliphatic heterocycles. The Bertz CT molecular complexity index is 2090. The number of ether oxygens (including phenoxy) is 2. The van der Waals surface area contributed by atoms with Gasteiger partial charge in [-0.2, -0.15) is 4.98 Å². The Morgan fingerprint density at radius 2 is 1.67 bits per heavy atom.